The molecule has 0 spiro atoms. The molecule has 0 saturated heterocycles. The molecule has 1 aromatic carbocycles. The number of methoxy groups -OCH3 is 1. The van der Waals surface area contributed by atoms with Crippen LogP contribution < -0.4 is 15.9 Å². The molecule has 13 heteroatoms. The number of carbonyl (C=O) groups excluding carboxylic acids is 1. The van der Waals surface area contributed by atoms with Crippen LogP contribution in [-0.4, -0.2) is 49.5 Å². The number of phenolic OH excluding ortho intramolecular Hbond substituents is 1. The molecule has 0 radical (unpaired) electrons. The predicted octanol–water partition coefficient (Wildman–Crippen LogP) is -0.972. The Morgan fingerprint density at radius 1 is 1.62 bits per heavy atom. The SMILES string of the molecule is COc1cc([N+](=O)[O-])cc(/C=N/NC(=O)Cn2nnc(N)n2)c1O. The van der Waals surface area contributed by atoms with Crippen molar-refractivity contribution < 1.29 is 19.6 Å². The average molecular weight is 336 g/mol. The number of hydrogen-bond acceptors (Lipinski definition) is 10. The first-order valence-corrected chi connectivity index (χ1v) is 6.31. The van der Waals surface area contributed by atoms with E-state index in [9.17, 15) is 20.0 Å². The van der Waals surface area contributed by atoms with Gasteiger partial charge in [0, 0.05) is 11.6 Å². The molecule has 4 N–H and O–H groups in total. The minimum Gasteiger partial charge on any atom is -0.504 e. The number of aromatic hydroxyl groups is 1. The van der Waals surface area contributed by atoms with Gasteiger partial charge >= 0.3 is 0 Å². The van der Waals surface area contributed by atoms with E-state index in [-0.39, 0.29) is 35.2 Å². The van der Waals surface area contributed by atoms with Crippen molar-refractivity contribution in [2.75, 3.05) is 12.8 Å². The van der Waals surface area contributed by atoms with Crippen LogP contribution in [0.3, 0.4) is 0 Å². The first-order chi connectivity index (χ1) is 11.4. The quantitative estimate of drug-likeness (QED) is 0.339. The zero-order chi connectivity index (χ0) is 17.7. The highest BCUT2D eigenvalue weighted by Crippen LogP contribution is 2.33. The molecule has 0 aliphatic rings. The summed E-state index contributed by atoms with van der Waals surface area (Å²) in [5.41, 5.74) is 7.08. The summed E-state index contributed by atoms with van der Waals surface area (Å²) in [6.07, 6.45) is 1.03. The molecule has 1 aromatic heterocycles. The van der Waals surface area contributed by atoms with Crippen molar-refractivity contribution in [3.8, 4) is 11.5 Å². The van der Waals surface area contributed by atoms with Crippen molar-refractivity contribution in [3.05, 3.63) is 27.8 Å². The minimum absolute atomic E-state index is 0.00975. The molecule has 1 heterocycles. The van der Waals surface area contributed by atoms with Gasteiger partial charge in [-0.05, 0) is 5.21 Å². The number of hydrogen-bond donors (Lipinski definition) is 3. The van der Waals surface area contributed by atoms with Crippen LogP contribution in [0, 0.1) is 10.1 Å². The fourth-order valence-electron chi connectivity index (χ4n) is 1.63. The molecule has 2 rings (SSSR count). The van der Waals surface area contributed by atoms with E-state index in [1.807, 2.05) is 0 Å². The third-order valence-corrected chi connectivity index (χ3v) is 2.67. The van der Waals surface area contributed by atoms with E-state index >= 15 is 0 Å². The molecule has 0 atom stereocenters. The molecular weight excluding hydrogens is 324 g/mol. The number of non-ortho nitro benzene ring substituents is 1. The van der Waals surface area contributed by atoms with E-state index in [0.717, 1.165) is 23.1 Å². The summed E-state index contributed by atoms with van der Waals surface area (Å²) in [5.74, 6) is -1.13. The standard InChI is InChI=1S/C11H12N8O5/c1-24-8-3-7(19(22)23)2-6(10(8)21)4-13-14-9(20)5-18-16-11(12)15-17-18/h2-4,21H,5H2,1H3,(H2,12,16)(H,14,20)/b13-4+. The summed E-state index contributed by atoms with van der Waals surface area (Å²) in [4.78, 5) is 22.7. The number of ether oxygens (including phenoxy) is 1. The van der Waals surface area contributed by atoms with Gasteiger partial charge in [-0.25, -0.2) is 5.43 Å². The van der Waals surface area contributed by atoms with Gasteiger partial charge in [-0.2, -0.15) is 9.90 Å². The van der Waals surface area contributed by atoms with Crippen LogP contribution in [-0.2, 0) is 11.3 Å². The van der Waals surface area contributed by atoms with Gasteiger partial charge in [0.2, 0.25) is 0 Å². The van der Waals surface area contributed by atoms with Crippen molar-refractivity contribution in [2.24, 2.45) is 5.10 Å². The predicted molar refractivity (Wildman–Crippen MR) is 79.3 cm³/mol. The summed E-state index contributed by atoms with van der Waals surface area (Å²) in [5, 5.41) is 34.8. The maximum Gasteiger partial charge on any atom is 0.274 e. The number of nitro benzene ring substituents is 1. The number of nitrogens with one attached hydrogen (secondary N) is 1. The fourth-order valence-corrected chi connectivity index (χ4v) is 1.63. The van der Waals surface area contributed by atoms with Gasteiger partial charge in [0.1, 0.15) is 6.54 Å². The van der Waals surface area contributed by atoms with Gasteiger partial charge in [0.15, 0.2) is 11.5 Å². The summed E-state index contributed by atoms with van der Waals surface area (Å²) in [6.45, 7) is -0.286. The van der Waals surface area contributed by atoms with E-state index < -0.39 is 10.8 Å². The lowest BCUT2D eigenvalue weighted by Crippen LogP contribution is -2.24. The van der Waals surface area contributed by atoms with Gasteiger partial charge in [0.25, 0.3) is 17.5 Å². The summed E-state index contributed by atoms with van der Waals surface area (Å²) < 4.78 is 4.84. The Hall–Kier alpha value is -3.77. The van der Waals surface area contributed by atoms with Gasteiger partial charge in [-0.1, -0.05) is 5.10 Å². The number of nitrogen functional groups attached to an aromatic ring is 1. The molecular formula is C11H12N8O5. The van der Waals surface area contributed by atoms with E-state index in [0.29, 0.717) is 0 Å². The van der Waals surface area contributed by atoms with Crippen molar-refractivity contribution >= 4 is 23.8 Å². The van der Waals surface area contributed by atoms with Gasteiger partial charge < -0.3 is 15.6 Å². The van der Waals surface area contributed by atoms with Crippen LogP contribution in [0.5, 0.6) is 11.5 Å². The lowest BCUT2D eigenvalue weighted by Gasteiger charge is -2.05. The van der Waals surface area contributed by atoms with Gasteiger partial charge in [-0.3, -0.25) is 14.9 Å². The normalized spacial score (nSPS) is 10.7. The van der Waals surface area contributed by atoms with E-state index in [2.05, 4.69) is 25.9 Å². The number of aromatic nitrogens is 4. The summed E-state index contributed by atoms with van der Waals surface area (Å²) in [7, 11) is 1.25. The number of nitro groups is 1. The van der Waals surface area contributed by atoms with Crippen LogP contribution in [0.25, 0.3) is 0 Å². The Morgan fingerprint density at radius 3 is 2.96 bits per heavy atom. The average Bonchev–Trinajstić information content (AvgIpc) is 2.93. The maximum atomic E-state index is 11.6. The van der Waals surface area contributed by atoms with Crippen molar-refractivity contribution in [1.29, 1.82) is 0 Å². The molecule has 1 amide bonds. The second-order valence-corrected chi connectivity index (χ2v) is 4.31. The zero-order valence-electron chi connectivity index (χ0n) is 12.3. The number of hydrazone groups is 1. The summed E-state index contributed by atoms with van der Waals surface area (Å²) in [6, 6.07) is 2.14. The maximum absolute atomic E-state index is 11.6. The topological polar surface area (TPSA) is 184 Å². The number of tetrazole rings is 1. The third kappa shape index (κ3) is 3.90. The number of nitrogens with zero attached hydrogens (tertiary/aromatic N) is 6. The second-order valence-electron chi connectivity index (χ2n) is 4.31. The Balaban J connectivity index is 2.09. The lowest BCUT2D eigenvalue weighted by molar-refractivity contribution is -0.385. The van der Waals surface area contributed by atoms with Gasteiger partial charge in [0.05, 0.1) is 24.3 Å². The van der Waals surface area contributed by atoms with E-state index in [4.69, 9.17) is 10.5 Å². The Bertz CT molecular complexity index is 802. The lowest BCUT2D eigenvalue weighted by atomic mass is 10.2. The summed E-state index contributed by atoms with van der Waals surface area (Å²) >= 11 is 0. The van der Waals surface area contributed by atoms with Crippen LogP contribution >= 0.6 is 0 Å². The number of nitrogens with two attached hydrogens (primary N) is 1. The number of rotatable bonds is 6. The molecule has 24 heavy (non-hydrogen) atoms. The number of phenols is 1. The van der Waals surface area contributed by atoms with Crippen LogP contribution in [0.2, 0.25) is 0 Å². The van der Waals surface area contributed by atoms with Crippen molar-refractivity contribution in [2.45, 2.75) is 6.54 Å². The molecule has 0 aliphatic carbocycles. The molecule has 0 unspecified atom stereocenters. The third-order valence-electron chi connectivity index (χ3n) is 2.67. The molecule has 126 valence electrons. The number of benzene rings is 1. The van der Waals surface area contributed by atoms with E-state index in [1.54, 1.807) is 0 Å². The Kier molecular flexibility index (Phi) is 4.84. The highest BCUT2D eigenvalue weighted by molar-refractivity contribution is 5.87. The monoisotopic (exact) mass is 336 g/mol. The van der Waals surface area contributed by atoms with Crippen molar-refractivity contribution in [3.63, 3.8) is 0 Å². The second kappa shape index (κ2) is 6.99. The first kappa shape index (κ1) is 16.6. The molecule has 2 aromatic rings. The molecule has 13 nitrogen and oxygen atoms in total. The van der Waals surface area contributed by atoms with Crippen LogP contribution in [0.15, 0.2) is 17.2 Å². The molecule has 0 saturated carbocycles. The van der Waals surface area contributed by atoms with Crippen LogP contribution in [0.4, 0.5) is 11.6 Å². The smallest absolute Gasteiger partial charge is 0.274 e. The van der Waals surface area contributed by atoms with Crippen molar-refractivity contribution in [1.82, 2.24) is 25.6 Å². The van der Waals surface area contributed by atoms with E-state index in [1.165, 1.54) is 7.11 Å². The largest absolute Gasteiger partial charge is 0.504 e. The molecule has 0 fully saturated rings. The van der Waals surface area contributed by atoms with Gasteiger partial charge in [-0.15, -0.1) is 5.10 Å². The highest BCUT2D eigenvalue weighted by Gasteiger charge is 2.15. The number of anilines is 1. The number of amides is 1. The Labute approximate surface area is 133 Å². The molecule has 0 bridgehead atoms. The zero-order valence-corrected chi connectivity index (χ0v) is 12.3. The highest BCUT2D eigenvalue weighted by atomic mass is 16.6. The molecule has 0 aliphatic heterocycles. The first-order valence-electron chi connectivity index (χ1n) is 6.31. The number of carbonyl (C=O) groups is 1. The fraction of sp³-hybridized carbons (Fsp3) is 0.182. The Morgan fingerprint density at radius 2 is 2.38 bits per heavy atom. The van der Waals surface area contributed by atoms with Crippen LogP contribution in [0.1, 0.15) is 5.56 Å². The minimum atomic E-state index is -0.654.